The second-order valence-electron chi connectivity index (χ2n) is 8.99. The molecule has 7 heteroatoms. The summed E-state index contributed by atoms with van der Waals surface area (Å²) in [6.45, 7) is 3.80. The van der Waals surface area contributed by atoms with Crippen LogP contribution in [0.5, 0.6) is 5.75 Å². The van der Waals surface area contributed by atoms with Gasteiger partial charge in [-0.05, 0) is 61.4 Å². The van der Waals surface area contributed by atoms with Gasteiger partial charge in [-0.15, -0.1) is 0 Å². The van der Waals surface area contributed by atoms with E-state index in [1.807, 2.05) is 26.0 Å². The van der Waals surface area contributed by atoms with Crippen molar-refractivity contribution in [3.05, 3.63) is 59.2 Å². The summed E-state index contributed by atoms with van der Waals surface area (Å²) in [7, 11) is 0. The number of imide groups is 1. The molecule has 0 unspecified atom stereocenters. The first-order valence-corrected chi connectivity index (χ1v) is 12.6. The zero-order valence-corrected chi connectivity index (χ0v) is 20.9. The number of Topliss-reactive ketones (excluding diaryl/α,β-unsaturated/α-hetero) is 1. The molecule has 2 saturated carbocycles. The molecule has 6 atom stereocenters. The Morgan fingerprint density at radius 3 is 2.22 bits per heavy atom. The van der Waals surface area contributed by atoms with Gasteiger partial charge >= 0.3 is 0 Å². The minimum Gasteiger partial charge on any atom is -0.483 e. The summed E-state index contributed by atoms with van der Waals surface area (Å²) in [5.41, 5.74) is 3.16. The van der Waals surface area contributed by atoms with E-state index in [-0.39, 0.29) is 57.5 Å². The second-order valence-corrected chi connectivity index (χ2v) is 11.1. The van der Waals surface area contributed by atoms with Gasteiger partial charge in [0, 0.05) is 15.2 Å². The summed E-state index contributed by atoms with van der Waals surface area (Å²) in [6.07, 6.45) is 0.884. The number of amides is 2. The molecule has 2 aromatic carbocycles. The van der Waals surface area contributed by atoms with Crippen LogP contribution in [0.4, 0.5) is 5.69 Å². The predicted molar refractivity (Wildman–Crippen MR) is 129 cm³/mol. The molecule has 5 nitrogen and oxygen atoms in total. The highest BCUT2D eigenvalue weighted by atomic mass is 79.9. The van der Waals surface area contributed by atoms with Crippen molar-refractivity contribution in [2.24, 2.45) is 23.7 Å². The number of ether oxygens (including phenoxy) is 1. The van der Waals surface area contributed by atoms with Gasteiger partial charge in [-0.25, -0.2) is 4.90 Å². The normalized spacial score (nSPS) is 30.7. The number of carbonyl (C=O) groups is 3. The number of aryl methyl sites for hydroxylation is 2. The Bertz CT molecular complexity index is 1100. The van der Waals surface area contributed by atoms with E-state index in [0.717, 1.165) is 17.5 Å². The second kappa shape index (κ2) is 8.10. The van der Waals surface area contributed by atoms with E-state index in [0.29, 0.717) is 17.0 Å². The predicted octanol–water partition coefficient (Wildman–Crippen LogP) is 4.85. The van der Waals surface area contributed by atoms with E-state index >= 15 is 0 Å². The molecule has 2 aromatic rings. The number of alkyl halides is 2. The Hall–Kier alpha value is -1.99. The average molecular weight is 561 g/mol. The van der Waals surface area contributed by atoms with Gasteiger partial charge in [-0.1, -0.05) is 56.1 Å². The largest absolute Gasteiger partial charge is 0.483 e. The van der Waals surface area contributed by atoms with Crippen LogP contribution in [-0.2, 0) is 9.59 Å². The first-order chi connectivity index (χ1) is 15.3. The molecule has 1 saturated heterocycles. The number of anilines is 1. The third kappa shape index (κ3) is 3.27. The first-order valence-electron chi connectivity index (χ1n) is 10.8. The van der Waals surface area contributed by atoms with Gasteiger partial charge in [0.25, 0.3) is 0 Å². The highest BCUT2D eigenvalue weighted by Crippen LogP contribution is 2.60. The van der Waals surface area contributed by atoms with Crippen LogP contribution >= 0.6 is 31.9 Å². The Labute approximate surface area is 203 Å². The van der Waals surface area contributed by atoms with E-state index in [9.17, 15) is 14.4 Å². The summed E-state index contributed by atoms with van der Waals surface area (Å²) in [5, 5.41) is 0. The maximum atomic E-state index is 13.4. The highest BCUT2D eigenvalue weighted by Gasteiger charge is 2.66. The standard InChI is InChI=1S/C25H23Br2NO4/c1-12-7-8-14(9-13(12)2)18(29)11-32-19-6-4-3-5-17(19)28-24(30)20-15-10-16(21(20)25(28)31)23(27)22(15)26/h3-9,15-16,20-23H,10-11H2,1-2H3/t15-,16-,20-,21-,22-,23+/m0/s1. The van der Waals surface area contributed by atoms with Crippen molar-refractivity contribution in [2.45, 2.75) is 29.9 Å². The Balaban J connectivity index is 1.38. The molecule has 1 aliphatic heterocycles. The maximum Gasteiger partial charge on any atom is 0.238 e. The minimum absolute atomic E-state index is 0.148. The van der Waals surface area contributed by atoms with Gasteiger partial charge in [0.2, 0.25) is 11.8 Å². The van der Waals surface area contributed by atoms with Crippen LogP contribution < -0.4 is 9.64 Å². The zero-order chi connectivity index (χ0) is 22.7. The molecule has 3 aliphatic rings. The number of hydrogen-bond acceptors (Lipinski definition) is 4. The lowest BCUT2D eigenvalue weighted by Gasteiger charge is -2.28. The molecule has 32 heavy (non-hydrogen) atoms. The number of nitrogens with zero attached hydrogens (tertiary/aromatic N) is 1. The summed E-state index contributed by atoms with van der Waals surface area (Å²) in [4.78, 5) is 41.1. The number of carbonyl (C=O) groups excluding carboxylic acids is 3. The fraction of sp³-hybridized carbons (Fsp3) is 0.400. The van der Waals surface area contributed by atoms with E-state index in [2.05, 4.69) is 31.9 Å². The third-order valence-corrected chi connectivity index (χ3v) is 10.5. The van der Waals surface area contributed by atoms with Gasteiger partial charge in [0.15, 0.2) is 12.4 Å². The molecule has 5 rings (SSSR count). The van der Waals surface area contributed by atoms with Gasteiger partial charge in [-0.2, -0.15) is 0 Å². The van der Waals surface area contributed by atoms with Crippen molar-refractivity contribution in [3.8, 4) is 5.75 Å². The fourth-order valence-electron chi connectivity index (χ4n) is 5.49. The lowest BCUT2D eigenvalue weighted by atomic mass is 9.81. The Morgan fingerprint density at radius 2 is 1.59 bits per heavy atom. The van der Waals surface area contributed by atoms with E-state index in [1.165, 1.54) is 4.90 Å². The molecule has 1 heterocycles. The van der Waals surface area contributed by atoms with Crippen molar-refractivity contribution in [1.82, 2.24) is 0 Å². The molecule has 2 amide bonds. The summed E-state index contributed by atoms with van der Waals surface area (Å²) in [5.74, 6) is -0.399. The van der Waals surface area contributed by atoms with Crippen molar-refractivity contribution in [3.63, 3.8) is 0 Å². The number of rotatable bonds is 5. The van der Waals surface area contributed by atoms with E-state index in [4.69, 9.17) is 4.74 Å². The smallest absolute Gasteiger partial charge is 0.238 e. The number of halogens is 2. The molecule has 0 N–H and O–H groups in total. The molecule has 3 fully saturated rings. The van der Waals surface area contributed by atoms with E-state index < -0.39 is 0 Å². The van der Waals surface area contributed by atoms with Gasteiger partial charge in [0.1, 0.15) is 5.75 Å². The van der Waals surface area contributed by atoms with Gasteiger partial charge < -0.3 is 4.74 Å². The van der Waals surface area contributed by atoms with Gasteiger partial charge in [0.05, 0.1) is 17.5 Å². The lowest BCUT2D eigenvalue weighted by Crippen LogP contribution is -2.37. The minimum atomic E-state index is -0.295. The van der Waals surface area contributed by atoms with Crippen LogP contribution in [0, 0.1) is 37.5 Å². The molecule has 0 spiro atoms. The van der Waals surface area contributed by atoms with Gasteiger partial charge in [-0.3, -0.25) is 14.4 Å². The molecular weight excluding hydrogens is 538 g/mol. The zero-order valence-electron chi connectivity index (χ0n) is 17.8. The summed E-state index contributed by atoms with van der Waals surface area (Å²) >= 11 is 7.43. The number of hydrogen-bond donors (Lipinski definition) is 0. The Kier molecular flexibility index (Phi) is 5.53. The Morgan fingerprint density at radius 1 is 0.969 bits per heavy atom. The number of benzene rings is 2. The monoisotopic (exact) mass is 559 g/mol. The van der Waals surface area contributed by atoms with Crippen LogP contribution in [-0.4, -0.2) is 33.9 Å². The first kappa shape index (κ1) is 21.8. The molecule has 0 radical (unpaired) electrons. The fourth-order valence-corrected chi connectivity index (χ4v) is 7.37. The SMILES string of the molecule is Cc1ccc(C(=O)COc2ccccc2N2C(=O)[C@H]3[C@@H]4C[C@H]([C@@H](Br)[C@H]4Br)[C@@H]3C2=O)cc1C. The molecular formula is C25H23Br2NO4. The number of ketones is 1. The summed E-state index contributed by atoms with van der Waals surface area (Å²) < 4.78 is 5.85. The van der Waals surface area contributed by atoms with Crippen molar-refractivity contribution in [1.29, 1.82) is 0 Å². The average Bonchev–Trinajstić information content (AvgIpc) is 3.39. The van der Waals surface area contributed by atoms with Crippen LogP contribution in [0.15, 0.2) is 42.5 Å². The van der Waals surface area contributed by atoms with Crippen molar-refractivity contribution < 1.29 is 19.1 Å². The van der Waals surface area contributed by atoms with Crippen LogP contribution in [0.1, 0.15) is 27.9 Å². The molecule has 2 bridgehead atoms. The van der Waals surface area contributed by atoms with Crippen LogP contribution in [0.25, 0.3) is 0 Å². The quantitative estimate of drug-likeness (QED) is 0.298. The molecule has 2 aliphatic carbocycles. The van der Waals surface area contributed by atoms with Crippen molar-refractivity contribution >= 4 is 55.1 Å². The number of fused-ring (bicyclic) bond motifs is 5. The summed E-state index contributed by atoms with van der Waals surface area (Å²) in [6, 6.07) is 12.5. The third-order valence-electron chi connectivity index (χ3n) is 7.28. The van der Waals surface area contributed by atoms with Crippen LogP contribution in [0.2, 0.25) is 0 Å². The molecule has 166 valence electrons. The van der Waals surface area contributed by atoms with Crippen LogP contribution in [0.3, 0.4) is 0 Å². The van der Waals surface area contributed by atoms with E-state index in [1.54, 1.807) is 30.3 Å². The highest BCUT2D eigenvalue weighted by molar-refractivity contribution is 9.12. The lowest BCUT2D eigenvalue weighted by molar-refractivity contribution is -0.123. The van der Waals surface area contributed by atoms with Crippen molar-refractivity contribution in [2.75, 3.05) is 11.5 Å². The maximum absolute atomic E-state index is 13.4. The number of para-hydroxylation sites is 2. The molecule has 0 aromatic heterocycles. The topological polar surface area (TPSA) is 63.7 Å².